The topological polar surface area (TPSA) is 75.1 Å². The zero-order chi connectivity index (χ0) is 14.2. The first-order valence-corrected chi connectivity index (χ1v) is 6.07. The van der Waals surface area contributed by atoms with Gasteiger partial charge in [-0.3, -0.25) is 9.78 Å². The van der Waals surface area contributed by atoms with Crippen molar-refractivity contribution < 1.29 is 9.90 Å². The van der Waals surface area contributed by atoms with Gasteiger partial charge in [-0.25, -0.2) is 4.98 Å². The van der Waals surface area contributed by atoms with E-state index in [1.807, 2.05) is 0 Å². The number of rotatable bonds is 3. The van der Waals surface area contributed by atoms with E-state index in [2.05, 4.69) is 27.1 Å². The van der Waals surface area contributed by atoms with Crippen LogP contribution in [0.1, 0.15) is 22.3 Å². The van der Waals surface area contributed by atoms with E-state index in [-0.39, 0.29) is 12.5 Å². The van der Waals surface area contributed by atoms with Gasteiger partial charge in [-0.2, -0.15) is 0 Å². The van der Waals surface area contributed by atoms with Crippen LogP contribution in [0.15, 0.2) is 42.9 Å². The van der Waals surface area contributed by atoms with Crippen molar-refractivity contribution in [2.24, 2.45) is 0 Å². The van der Waals surface area contributed by atoms with Crippen LogP contribution in [0.25, 0.3) is 0 Å². The minimum absolute atomic E-state index is 0.0142. The first-order chi connectivity index (χ1) is 9.79. The van der Waals surface area contributed by atoms with Crippen LogP contribution < -0.4 is 5.32 Å². The summed E-state index contributed by atoms with van der Waals surface area (Å²) in [5.74, 6) is 5.81. The van der Waals surface area contributed by atoms with Gasteiger partial charge in [-0.1, -0.05) is 17.9 Å². The third kappa shape index (κ3) is 3.90. The molecule has 5 nitrogen and oxygen atoms in total. The number of nitrogens with one attached hydrogen (secondary N) is 1. The van der Waals surface area contributed by atoms with Crippen LogP contribution in [0.5, 0.6) is 0 Å². The van der Waals surface area contributed by atoms with E-state index in [9.17, 15) is 4.79 Å². The highest BCUT2D eigenvalue weighted by Gasteiger charge is 2.07. The molecule has 0 saturated carbocycles. The molecule has 2 N–H and O–H groups in total. The lowest BCUT2D eigenvalue weighted by Crippen LogP contribution is -2.13. The molecule has 0 fully saturated rings. The molecule has 5 heteroatoms. The van der Waals surface area contributed by atoms with Crippen LogP contribution >= 0.6 is 0 Å². The number of carbonyl (C=O) groups excluding carboxylic acids is 1. The molecule has 0 bridgehead atoms. The number of carbonyl (C=O) groups is 1. The predicted molar refractivity (Wildman–Crippen MR) is 75.0 cm³/mol. The van der Waals surface area contributed by atoms with Gasteiger partial charge in [-0.05, 0) is 18.2 Å². The van der Waals surface area contributed by atoms with Gasteiger partial charge in [-0.15, -0.1) is 0 Å². The second-order valence-electron chi connectivity index (χ2n) is 3.91. The third-order valence-electron chi connectivity index (χ3n) is 2.38. The Morgan fingerprint density at radius 1 is 1.35 bits per heavy atom. The van der Waals surface area contributed by atoms with E-state index in [1.54, 1.807) is 36.7 Å². The van der Waals surface area contributed by atoms with E-state index in [0.717, 1.165) is 0 Å². The molecule has 0 unspecified atom stereocenters. The molecule has 1 amide bonds. The van der Waals surface area contributed by atoms with Crippen LogP contribution in [0.2, 0.25) is 0 Å². The molecule has 100 valence electrons. The van der Waals surface area contributed by atoms with Crippen LogP contribution in [0.4, 0.5) is 5.82 Å². The average molecular weight is 267 g/mol. The van der Waals surface area contributed by atoms with Crippen molar-refractivity contribution in [3.63, 3.8) is 0 Å². The van der Waals surface area contributed by atoms with Crippen molar-refractivity contribution >= 4 is 11.7 Å². The first kappa shape index (κ1) is 13.7. The molecular weight excluding hydrogens is 254 g/mol. The number of aromatic nitrogens is 2. The Morgan fingerprint density at radius 2 is 2.25 bits per heavy atom. The van der Waals surface area contributed by atoms with Crippen LogP contribution in [0.3, 0.4) is 0 Å². The summed E-state index contributed by atoms with van der Waals surface area (Å²) in [6.45, 7) is 0.0142. The normalized spacial score (nSPS) is 9.45. The summed E-state index contributed by atoms with van der Waals surface area (Å²) in [7, 11) is 0. The summed E-state index contributed by atoms with van der Waals surface area (Å²) >= 11 is 0. The fourth-order valence-electron chi connectivity index (χ4n) is 1.48. The molecular formula is C15H13N3O2. The minimum Gasteiger partial charge on any atom is -0.395 e. The fraction of sp³-hybridized carbons (Fsp3) is 0.133. The van der Waals surface area contributed by atoms with Gasteiger partial charge in [0.25, 0.3) is 5.91 Å². The molecule has 0 aliphatic carbocycles. The SMILES string of the molecule is O=C(Nc1ccccn1)c1cncc(C#CCCO)c1. The Kier molecular flexibility index (Phi) is 4.81. The monoisotopic (exact) mass is 267 g/mol. The summed E-state index contributed by atoms with van der Waals surface area (Å²) < 4.78 is 0. The Morgan fingerprint density at radius 3 is 3.00 bits per heavy atom. The average Bonchev–Trinajstić information content (AvgIpc) is 2.49. The van der Waals surface area contributed by atoms with Crippen molar-refractivity contribution in [3.05, 3.63) is 54.0 Å². The van der Waals surface area contributed by atoms with Crippen molar-refractivity contribution in [2.45, 2.75) is 6.42 Å². The second kappa shape index (κ2) is 7.02. The maximum Gasteiger partial charge on any atom is 0.258 e. The van der Waals surface area contributed by atoms with E-state index in [0.29, 0.717) is 23.4 Å². The summed E-state index contributed by atoms with van der Waals surface area (Å²) in [6, 6.07) is 6.91. The van der Waals surface area contributed by atoms with Crippen molar-refractivity contribution in [3.8, 4) is 11.8 Å². The van der Waals surface area contributed by atoms with Crippen LogP contribution in [-0.4, -0.2) is 27.6 Å². The van der Waals surface area contributed by atoms with Gasteiger partial charge in [0, 0.05) is 30.6 Å². The zero-order valence-corrected chi connectivity index (χ0v) is 10.7. The summed E-state index contributed by atoms with van der Waals surface area (Å²) in [4.78, 5) is 20.0. The second-order valence-corrected chi connectivity index (χ2v) is 3.91. The summed E-state index contributed by atoms with van der Waals surface area (Å²) in [6.07, 6.45) is 5.03. The number of aliphatic hydroxyl groups excluding tert-OH is 1. The third-order valence-corrected chi connectivity index (χ3v) is 2.38. The fourth-order valence-corrected chi connectivity index (χ4v) is 1.48. The maximum atomic E-state index is 12.0. The Hall–Kier alpha value is -2.71. The van der Waals surface area contributed by atoms with Crippen LogP contribution in [0, 0.1) is 11.8 Å². The molecule has 2 heterocycles. The molecule has 0 aromatic carbocycles. The Labute approximate surface area is 116 Å². The summed E-state index contributed by atoms with van der Waals surface area (Å²) in [5.41, 5.74) is 1.04. The number of nitrogens with zero attached hydrogens (tertiary/aromatic N) is 2. The standard InChI is InChI=1S/C15H13N3O2/c19-8-4-2-5-12-9-13(11-16-10-12)15(20)18-14-6-1-3-7-17-14/h1,3,6-7,9-11,19H,4,8H2,(H,17,18,20). The highest BCUT2D eigenvalue weighted by atomic mass is 16.2. The molecule has 2 rings (SSSR count). The highest BCUT2D eigenvalue weighted by Crippen LogP contribution is 2.06. The first-order valence-electron chi connectivity index (χ1n) is 6.07. The van der Waals surface area contributed by atoms with Crippen molar-refractivity contribution in [1.29, 1.82) is 0 Å². The number of hydrogen-bond acceptors (Lipinski definition) is 4. The van der Waals surface area contributed by atoms with Gasteiger partial charge in [0.15, 0.2) is 0 Å². The van der Waals surface area contributed by atoms with Gasteiger partial charge in [0.05, 0.1) is 12.2 Å². The summed E-state index contributed by atoms with van der Waals surface area (Å²) in [5, 5.41) is 11.3. The predicted octanol–water partition coefficient (Wildman–Crippen LogP) is 1.46. The Bertz CT molecular complexity index is 645. The van der Waals surface area contributed by atoms with Crippen molar-refractivity contribution in [2.75, 3.05) is 11.9 Å². The minimum atomic E-state index is -0.290. The quantitative estimate of drug-likeness (QED) is 0.826. The molecule has 0 spiro atoms. The van der Waals surface area contributed by atoms with Gasteiger partial charge in [0.1, 0.15) is 5.82 Å². The van der Waals surface area contributed by atoms with Gasteiger partial charge in [0.2, 0.25) is 0 Å². The molecule has 2 aromatic rings. The smallest absolute Gasteiger partial charge is 0.258 e. The largest absolute Gasteiger partial charge is 0.395 e. The number of amides is 1. The number of hydrogen-bond donors (Lipinski definition) is 2. The van der Waals surface area contributed by atoms with E-state index < -0.39 is 0 Å². The van der Waals surface area contributed by atoms with Gasteiger partial charge < -0.3 is 10.4 Å². The Balaban J connectivity index is 2.11. The molecule has 0 atom stereocenters. The van der Waals surface area contributed by atoms with Crippen LogP contribution in [-0.2, 0) is 0 Å². The highest BCUT2D eigenvalue weighted by molar-refractivity contribution is 6.03. The number of aliphatic hydroxyl groups is 1. The molecule has 0 radical (unpaired) electrons. The lowest BCUT2D eigenvalue weighted by molar-refractivity contribution is 0.102. The lowest BCUT2D eigenvalue weighted by Gasteiger charge is -2.03. The van der Waals surface area contributed by atoms with E-state index in [1.165, 1.54) is 6.20 Å². The van der Waals surface area contributed by atoms with Gasteiger partial charge >= 0.3 is 0 Å². The maximum absolute atomic E-state index is 12.0. The van der Waals surface area contributed by atoms with E-state index >= 15 is 0 Å². The molecule has 0 saturated heterocycles. The van der Waals surface area contributed by atoms with E-state index in [4.69, 9.17) is 5.11 Å². The molecule has 0 aliphatic heterocycles. The number of pyridine rings is 2. The zero-order valence-electron chi connectivity index (χ0n) is 10.7. The lowest BCUT2D eigenvalue weighted by atomic mass is 10.2. The molecule has 20 heavy (non-hydrogen) atoms. The molecule has 0 aliphatic rings. The van der Waals surface area contributed by atoms with Crippen molar-refractivity contribution in [1.82, 2.24) is 9.97 Å². The molecule has 2 aromatic heterocycles. The number of anilines is 1.